The summed E-state index contributed by atoms with van der Waals surface area (Å²) >= 11 is 0. The molecule has 0 fully saturated rings. The van der Waals surface area contributed by atoms with Crippen molar-refractivity contribution in [2.45, 2.75) is 12.5 Å². The lowest BCUT2D eigenvalue weighted by molar-refractivity contribution is 0.0660. The molecule has 0 unspecified atom stereocenters. The van der Waals surface area contributed by atoms with Crippen molar-refractivity contribution in [3.05, 3.63) is 114 Å². The molecule has 0 spiro atoms. The third-order valence-corrected chi connectivity index (χ3v) is 5.81. The lowest BCUT2D eigenvalue weighted by atomic mass is 9.98. The third kappa shape index (κ3) is 3.99. The molecule has 0 aliphatic heterocycles. The van der Waals surface area contributed by atoms with Gasteiger partial charge in [-0.25, -0.2) is 9.59 Å². The summed E-state index contributed by atoms with van der Waals surface area (Å²) < 4.78 is 11.2. The molecule has 4 aromatic rings. The van der Waals surface area contributed by atoms with E-state index >= 15 is 0 Å². The number of ether oxygens (including phenoxy) is 1. The lowest BCUT2D eigenvalue weighted by Gasteiger charge is -2.23. The molecule has 1 aliphatic carbocycles. The Morgan fingerprint density at radius 3 is 2.03 bits per heavy atom. The molecule has 3 aromatic carbocycles. The summed E-state index contributed by atoms with van der Waals surface area (Å²) in [5.41, 5.74) is 5.21. The summed E-state index contributed by atoms with van der Waals surface area (Å²) in [6, 6.07) is 28.3. The molecule has 6 nitrogen and oxygen atoms in total. The van der Waals surface area contributed by atoms with E-state index in [1.54, 1.807) is 18.2 Å². The number of hydrogen-bond acceptors (Lipinski definition) is 4. The SMILES string of the molecule is O=C(O)c1ccc(CN(C(=O)OCC2c3ccccc3-c3ccccc32)c2ccccc2)o1. The smallest absolute Gasteiger partial charge is 0.414 e. The number of benzene rings is 3. The number of anilines is 1. The summed E-state index contributed by atoms with van der Waals surface area (Å²) in [6.07, 6.45) is -0.531. The minimum absolute atomic E-state index is 0.0496. The summed E-state index contributed by atoms with van der Waals surface area (Å²) in [4.78, 5) is 25.8. The number of amides is 1. The number of nitrogens with zero attached hydrogens (tertiary/aromatic N) is 1. The monoisotopic (exact) mass is 439 g/mol. The van der Waals surface area contributed by atoms with Crippen molar-refractivity contribution in [2.24, 2.45) is 0 Å². The van der Waals surface area contributed by atoms with Crippen LogP contribution in [0, 0.1) is 0 Å². The highest BCUT2D eigenvalue weighted by Crippen LogP contribution is 2.44. The molecule has 0 saturated heterocycles. The Hall–Kier alpha value is -4.32. The van der Waals surface area contributed by atoms with E-state index in [4.69, 9.17) is 14.3 Å². The molecule has 33 heavy (non-hydrogen) atoms. The molecule has 164 valence electrons. The standard InChI is InChI=1S/C27H21NO5/c29-26(30)25-15-14-19(33-25)16-28(18-8-2-1-3-9-18)27(31)32-17-24-22-12-6-4-10-20(22)21-11-5-7-13-23(21)24/h1-15,24H,16-17H2,(H,29,30). The Kier molecular flexibility index (Phi) is 5.40. The topological polar surface area (TPSA) is 80.0 Å². The normalized spacial score (nSPS) is 12.1. The van der Waals surface area contributed by atoms with Gasteiger partial charge in [-0.1, -0.05) is 66.7 Å². The lowest BCUT2D eigenvalue weighted by Crippen LogP contribution is -2.32. The first-order chi connectivity index (χ1) is 16.1. The fourth-order valence-electron chi connectivity index (χ4n) is 4.27. The molecule has 0 atom stereocenters. The molecule has 1 aromatic heterocycles. The van der Waals surface area contributed by atoms with Crippen molar-refractivity contribution in [3.63, 3.8) is 0 Å². The van der Waals surface area contributed by atoms with Crippen molar-refractivity contribution >= 4 is 17.7 Å². The molecule has 0 radical (unpaired) electrons. The molecule has 1 N–H and O–H groups in total. The second-order valence-corrected chi connectivity index (χ2v) is 7.80. The highest BCUT2D eigenvalue weighted by Gasteiger charge is 2.30. The molecule has 5 rings (SSSR count). The van der Waals surface area contributed by atoms with Crippen LogP contribution in [0.1, 0.15) is 33.4 Å². The molecule has 6 heteroatoms. The zero-order valence-corrected chi connectivity index (χ0v) is 17.7. The maximum Gasteiger partial charge on any atom is 0.414 e. The molecule has 0 bridgehead atoms. The fraction of sp³-hybridized carbons (Fsp3) is 0.111. The first-order valence-corrected chi connectivity index (χ1v) is 10.6. The van der Waals surface area contributed by atoms with E-state index in [-0.39, 0.29) is 24.8 Å². The van der Waals surface area contributed by atoms with Gasteiger partial charge in [-0.15, -0.1) is 0 Å². The molecule has 1 amide bonds. The van der Waals surface area contributed by atoms with E-state index in [9.17, 15) is 9.59 Å². The van der Waals surface area contributed by atoms with Crippen LogP contribution in [0.25, 0.3) is 11.1 Å². The maximum atomic E-state index is 13.2. The molecular weight excluding hydrogens is 418 g/mol. The van der Waals surface area contributed by atoms with E-state index in [1.165, 1.54) is 11.0 Å². The second-order valence-electron chi connectivity index (χ2n) is 7.80. The van der Waals surface area contributed by atoms with Gasteiger partial charge < -0.3 is 14.3 Å². The van der Waals surface area contributed by atoms with Gasteiger partial charge in [-0.3, -0.25) is 4.90 Å². The largest absolute Gasteiger partial charge is 0.475 e. The average molecular weight is 439 g/mol. The minimum Gasteiger partial charge on any atom is -0.475 e. The van der Waals surface area contributed by atoms with E-state index in [2.05, 4.69) is 24.3 Å². The van der Waals surface area contributed by atoms with Crippen LogP contribution in [-0.4, -0.2) is 23.8 Å². The van der Waals surface area contributed by atoms with E-state index in [1.807, 2.05) is 42.5 Å². The number of aromatic carboxylic acids is 1. The van der Waals surface area contributed by atoms with Crippen LogP contribution in [0.15, 0.2) is 95.4 Å². The molecule has 1 aliphatic rings. The molecule has 0 saturated carbocycles. The number of carbonyl (C=O) groups is 2. The van der Waals surface area contributed by atoms with Crippen LogP contribution in [0.4, 0.5) is 10.5 Å². The van der Waals surface area contributed by atoms with Gasteiger partial charge in [0.2, 0.25) is 5.76 Å². The maximum absolute atomic E-state index is 13.2. The fourth-order valence-corrected chi connectivity index (χ4v) is 4.27. The van der Waals surface area contributed by atoms with Gasteiger partial charge in [0.05, 0.1) is 6.54 Å². The number of carbonyl (C=O) groups excluding carboxylic acids is 1. The van der Waals surface area contributed by atoms with Gasteiger partial charge in [-0.05, 0) is 46.5 Å². The Bertz CT molecular complexity index is 1270. The van der Waals surface area contributed by atoms with E-state index in [0.29, 0.717) is 11.4 Å². The Morgan fingerprint density at radius 2 is 1.42 bits per heavy atom. The minimum atomic E-state index is -1.16. The van der Waals surface area contributed by atoms with E-state index < -0.39 is 12.1 Å². The predicted molar refractivity (Wildman–Crippen MR) is 123 cm³/mol. The van der Waals surface area contributed by atoms with Crippen LogP contribution in [0.3, 0.4) is 0 Å². The van der Waals surface area contributed by atoms with Gasteiger partial charge in [-0.2, -0.15) is 0 Å². The van der Waals surface area contributed by atoms with Gasteiger partial charge >= 0.3 is 12.1 Å². The van der Waals surface area contributed by atoms with Crippen molar-refractivity contribution in [1.82, 2.24) is 0 Å². The van der Waals surface area contributed by atoms with Gasteiger partial charge in [0, 0.05) is 11.6 Å². The number of carboxylic acid groups (broad SMARTS) is 1. The van der Waals surface area contributed by atoms with Gasteiger partial charge in [0.15, 0.2) is 0 Å². The van der Waals surface area contributed by atoms with Crippen molar-refractivity contribution in [1.29, 1.82) is 0 Å². The zero-order chi connectivity index (χ0) is 22.8. The second kappa shape index (κ2) is 8.67. The first-order valence-electron chi connectivity index (χ1n) is 10.6. The van der Waals surface area contributed by atoms with Crippen LogP contribution >= 0.6 is 0 Å². The highest BCUT2D eigenvalue weighted by atomic mass is 16.6. The number of para-hydroxylation sites is 1. The number of rotatable bonds is 6. The predicted octanol–water partition coefficient (Wildman–Crippen LogP) is 5.93. The zero-order valence-electron chi connectivity index (χ0n) is 17.7. The quantitative estimate of drug-likeness (QED) is 0.403. The molecule has 1 heterocycles. The molecular formula is C27H21NO5. The van der Waals surface area contributed by atoms with Crippen LogP contribution in [0.2, 0.25) is 0 Å². The third-order valence-electron chi connectivity index (χ3n) is 5.81. The summed E-state index contributed by atoms with van der Waals surface area (Å²) in [5, 5.41) is 9.13. The van der Waals surface area contributed by atoms with Gasteiger partial charge in [0.1, 0.15) is 12.4 Å². The Balaban J connectivity index is 1.38. The first kappa shape index (κ1) is 20.6. The van der Waals surface area contributed by atoms with Crippen molar-refractivity contribution in [2.75, 3.05) is 11.5 Å². The van der Waals surface area contributed by atoms with Crippen LogP contribution in [-0.2, 0) is 11.3 Å². The van der Waals surface area contributed by atoms with Gasteiger partial charge in [0.25, 0.3) is 0 Å². The van der Waals surface area contributed by atoms with Crippen molar-refractivity contribution in [3.8, 4) is 11.1 Å². The average Bonchev–Trinajstić information content (AvgIpc) is 3.45. The van der Waals surface area contributed by atoms with Crippen molar-refractivity contribution < 1.29 is 23.8 Å². The number of fused-ring (bicyclic) bond motifs is 3. The van der Waals surface area contributed by atoms with Crippen LogP contribution in [0.5, 0.6) is 0 Å². The Morgan fingerprint density at radius 1 is 0.818 bits per heavy atom. The summed E-state index contributed by atoms with van der Waals surface area (Å²) in [6.45, 7) is 0.239. The van der Waals surface area contributed by atoms with Crippen LogP contribution < -0.4 is 4.90 Å². The number of carboxylic acids is 1. The summed E-state index contributed by atoms with van der Waals surface area (Å²) in [7, 11) is 0. The number of hydrogen-bond donors (Lipinski definition) is 1. The summed E-state index contributed by atoms with van der Waals surface area (Å²) in [5.74, 6) is -1.04. The number of furan rings is 1. The Labute approximate surface area is 190 Å². The van der Waals surface area contributed by atoms with E-state index in [0.717, 1.165) is 22.3 Å². The highest BCUT2D eigenvalue weighted by molar-refractivity contribution is 5.88.